The Labute approximate surface area is 177 Å². The van der Waals surface area contributed by atoms with Crippen LogP contribution in [0.5, 0.6) is 0 Å². The lowest BCUT2D eigenvalue weighted by molar-refractivity contribution is -0.116. The first-order valence-electron chi connectivity index (χ1n) is 9.70. The molecule has 2 rings (SSSR count). The minimum absolute atomic E-state index is 0.212. The number of nitrogens with one attached hydrogen (secondary N) is 1. The minimum atomic E-state index is -0.286. The summed E-state index contributed by atoms with van der Waals surface area (Å²) >= 11 is 0. The second kappa shape index (κ2) is 12.8. The molecule has 1 amide bonds. The van der Waals surface area contributed by atoms with Crippen LogP contribution in [-0.4, -0.2) is 30.6 Å². The molecule has 0 unspecified atom stereocenters. The van der Waals surface area contributed by atoms with Crippen LogP contribution in [0.1, 0.15) is 26.2 Å². The monoisotopic (exact) mass is 405 g/mol. The van der Waals surface area contributed by atoms with E-state index in [1.54, 1.807) is 43.1 Å². The van der Waals surface area contributed by atoms with Gasteiger partial charge in [-0.05, 0) is 36.1 Å². The van der Waals surface area contributed by atoms with Crippen molar-refractivity contribution in [3.8, 4) is 0 Å². The predicted octanol–water partition coefficient (Wildman–Crippen LogP) is 3.63. The fourth-order valence-electron chi connectivity index (χ4n) is 2.50. The maximum Gasteiger partial charge on any atom is 0.263 e. The molecule has 0 atom stereocenters. The van der Waals surface area contributed by atoms with Crippen molar-refractivity contribution in [2.24, 2.45) is 20.8 Å². The van der Waals surface area contributed by atoms with Crippen molar-refractivity contribution in [3.63, 3.8) is 0 Å². The number of amides is 1. The van der Waals surface area contributed by atoms with E-state index >= 15 is 0 Å². The van der Waals surface area contributed by atoms with E-state index in [-0.39, 0.29) is 12.5 Å². The fourth-order valence-corrected chi connectivity index (χ4v) is 2.50. The van der Waals surface area contributed by atoms with Crippen LogP contribution >= 0.6 is 0 Å². The largest absolute Gasteiger partial charge is 0.460 e. The molecule has 0 aromatic carbocycles. The molecule has 0 fully saturated rings. The third kappa shape index (κ3) is 8.20. The number of carbonyl (C=O) groups excluding carboxylic acids is 1. The van der Waals surface area contributed by atoms with E-state index in [1.807, 2.05) is 25.2 Å². The summed E-state index contributed by atoms with van der Waals surface area (Å²) in [5, 5.41) is 4.02. The smallest absolute Gasteiger partial charge is 0.263 e. The third-order valence-corrected chi connectivity index (χ3v) is 4.04. The fraction of sp³-hybridized carbons (Fsp3) is 0.217. The first kappa shape index (κ1) is 22.7. The molecule has 2 aliphatic rings. The molecule has 7 nitrogen and oxygen atoms in total. The van der Waals surface area contributed by atoms with Crippen LogP contribution in [0.2, 0.25) is 0 Å². The van der Waals surface area contributed by atoms with E-state index in [0.717, 1.165) is 23.3 Å². The Balaban J connectivity index is 2.14. The topological polar surface area (TPSA) is 101 Å². The number of hydrogen-bond donors (Lipinski definition) is 2. The summed E-state index contributed by atoms with van der Waals surface area (Å²) in [6.45, 7) is 6.15. The Morgan fingerprint density at radius 3 is 3.03 bits per heavy atom. The number of hydrazone groups is 1. The predicted molar refractivity (Wildman–Crippen MR) is 123 cm³/mol. The Hall–Kier alpha value is -3.58. The zero-order valence-electron chi connectivity index (χ0n) is 17.1. The van der Waals surface area contributed by atoms with Gasteiger partial charge >= 0.3 is 0 Å². The highest BCUT2D eigenvalue weighted by atomic mass is 16.5. The summed E-state index contributed by atoms with van der Waals surface area (Å²) in [6.07, 6.45) is 21.5. The Bertz CT molecular complexity index is 912. The third-order valence-electron chi connectivity index (χ3n) is 4.04. The van der Waals surface area contributed by atoms with Gasteiger partial charge in [-0.2, -0.15) is 5.10 Å². The zero-order chi connectivity index (χ0) is 21.6. The van der Waals surface area contributed by atoms with E-state index in [1.165, 1.54) is 6.08 Å². The van der Waals surface area contributed by atoms with E-state index in [0.29, 0.717) is 24.3 Å². The number of aliphatic imine (C=N–C) groups is 2. The Morgan fingerprint density at radius 2 is 2.23 bits per heavy atom. The van der Waals surface area contributed by atoms with Crippen LogP contribution < -0.4 is 11.2 Å². The molecule has 0 saturated heterocycles. The Kier molecular flexibility index (Phi) is 9.68. The summed E-state index contributed by atoms with van der Waals surface area (Å²) in [6, 6.07) is 0. The van der Waals surface area contributed by atoms with Crippen LogP contribution in [0, 0.1) is 0 Å². The van der Waals surface area contributed by atoms with Crippen molar-refractivity contribution < 1.29 is 9.53 Å². The molecule has 156 valence electrons. The van der Waals surface area contributed by atoms with Crippen LogP contribution in [0.15, 0.2) is 99.3 Å². The molecular weight excluding hydrogens is 378 g/mol. The van der Waals surface area contributed by atoms with Gasteiger partial charge in [0.05, 0.1) is 11.9 Å². The molecule has 0 aliphatic carbocycles. The highest BCUT2D eigenvalue weighted by Gasteiger charge is 2.03. The Morgan fingerprint density at radius 1 is 1.37 bits per heavy atom. The number of hydrogen-bond acceptors (Lipinski definition) is 6. The molecule has 0 spiro atoms. The molecule has 2 heterocycles. The lowest BCUT2D eigenvalue weighted by Crippen LogP contribution is -2.20. The van der Waals surface area contributed by atoms with Gasteiger partial charge in [-0.1, -0.05) is 37.8 Å². The van der Waals surface area contributed by atoms with E-state index < -0.39 is 0 Å². The molecule has 3 N–H and O–H groups in total. The number of nitrogens with zero attached hydrogens (tertiary/aromatic N) is 3. The molecule has 0 aromatic heterocycles. The van der Waals surface area contributed by atoms with Gasteiger partial charge in [0, 0.05) is 37.7 Å². The lowest BCUT2D eigenvalue weighted by atomic mass is 10.0. The van der Waals surface area contributed by atoms with Crippen molar-refractivity contribution in [1.29, 1.82) is 0 Å². The molecule has 7 heteroatoms. The summed E-state index contributed by atoms with van der Waals surface area (Å²) in [5.41, 5.74) is 10.7. The van der Waals surface area contributed by atoms with Crippen molar-refractivity contribution >= 4 is 24.0 Å². The lowest BCUT2D eigenvalue weighted by Gasteiger charge is -2.07. The second-order valence-corrected chi connectivity index (χ2v) is 6.29. The summed E-state index contributed by atoms with van der Waals surface area (Å²) in [7, 11) is 0. The van der Waals surface area contributed by atoms with Crippen molar-refractivity contribution in [2.75, 3.05) is 6.54 Å². The number of nitrogens with two attached hydrogens (primary N) is 1. The molecule has 0 radical (unpaired) electrons. The maximum absolute atomic E-state index is 11.7. The van der Waals surface area contributed by atoms with Crippen molar-refractivity contribution in [3.05, 3.63) is 84.2 Å². The summed E-state index contributed by atoms with van der Waals surface area (Å²) in [4.78, 5) is 20.1. The molecule has 2 aliphatic heterocycles. The van der Waals surface area contributed by atoms with Gasteiger partial charge in [-0.25, -0.2) is 5.43 Å². The average Bonchev–Trinajstić information content (AvgIpc) is 3.02. The van der Waals surface area contributed by atoms with Gasteiger partial charge in [0.25, 0.3) is 5.91 Å². The van der Waals surface area contributed by atoms with Gasteiger partial charge in [0.2, 0.25) is 0 Å². The van der Waals surface area contributed by atoms with Gasteiger partial charge in [-0.15, -0.1) is 0 Å². The van der Waals surface area contributed by atoms with Crippen LogP contribution in [-0.2, 0) is 9.53 Å². The summed E-state index contributed by atoms with van der Waals surface area (Å²) < 4.78 is 5.69. The molecule has 0 aromatic rings. The molecular formula is C23H27N5O2. The summed E-state index contributed by atoms with van der Waals surface area (Å²) in [5.74, 6) is 0.904. The van der Waals surface area contributed by atoms with Crippen LogP contribution in [0.3, 0.4) is 0 Å². The van der Waals surface area contributed by atoms with Gasteiger partial charge in [0.15, 0.2) is 0 Å². The second-order valence-electron chi connectivity index (χ2n) is 6.29. The van der Waals surface area contributed by atoms with Crippen LogP contribution in [0.25, 0.3) is 0 Å². The van der Waals surface area contributed by atoms with Gasteiger partial charge in [0.1, 0.15) is 11.5 Å². The number of allylic oxidation sites excluding steroid dienone is 8. The zero-order valence-corrected chi connectivity index (χ0v) is 17.1. The normalized spacial score (nSPS) is 23.2. The molecule has 0 saturated carbocycles. The highest BCUT2D eigenvalue weighted by molar-refractivity contribution is 5.98. The first-order valence-corrected chi connectivity index (χ1v) is 9.70. The SMILES string of the molecule is C=C(C=N/C=C(CC)/C1=C/C/C=C/C(=O)N/N=C(CN)\C=C\1)OC1=CC=NC=CC1. The van der Waals surface area contributed by atoms with Crippen molar-refractivity contribution in [2.45, 2.75) is 26.2 Å². The number of ether oxygens (including phenoxy) is 1. The number of rotatable bonds is 7. The standard InChI is InChI=1S/C23H27N5O2/c1-3-19(17-26-16-18(2)30-22-8-6-13-25-14-12-22)20-7-4-5-9-23(29)28-27-21(15-24)11-10-20/h5-7,9-14,16-17H,2-4,8,15,24H2,1H3,(H,28,29)/b9-5+,11-10+,19-17+,20-7+,26-16?,27-21+. The minimum Gasteiger partial charge on any atom is -0.460 e. The number of carbonyl (C=O) groups is 1. The molecule has 30 heavy (non-hydrogen) atoms. The highest BCUT2D eigenvalue weighted by Crippen LogP contribution is 2.17. The van der Waals surface area contributed by atoms with Gasteiger partial charge in [-0.3, -0.25) is 14.8 Å². The van der Waals surface area contributed by atoms with E-state index in [2.05, 4.69) is 27.1 Å². The first-order chi connectivity index (χ1) is 14.6. The molecule has 0 bridgehead atoms. The van der Waals surface area contributed by atoms with Crippen molar-refractivity contribution in [1.82, 2.24) is 5.43 Å². The maximum atomic E-state index is 11.7. The van der Waals surface area contributed by atoms with Crippen LogP contribution in [0.4, 0.5) is 0 Å². The average molecular weight is 406 g/mol. The van der Waals surface area contributed by atoms with E-state index in [9.17, 15) is 4.79 Å². The van der Waals surface area contributed by atoms with E-state index in [4.69, 9.17) is 10.5 Å². The quantitative estimate of drug-likeness (QED) is 0.499. The van der Waals surface area contributed by atoms with Gasteiger partial charge < -0.3 is 10.5 Å².